The standard InChI is InChI=1S/C21H21N5O6S/c1-29-16-7-6-15(11-17(16)30-2)25-21-23-9-8-18(26-21)24-14-5-3-4-13(10-14)20-31-12-19(32-20)33(22,27)28/h3-12,20H,1-2H3,(H2,22,27,28)(H2,23,24,25,26). The predicted molar refractivity (Wildman–Crippen MR) is 121 cm³/mol. The molecule has 0 bridgehead atoms. The molecule has 1 aliphatic heterocycles. The number of nitrogens with two attached hydrogens (primary N) is 1. The number of primary sulfonamides is 1. The molecule has 1 unspecified atom stereocenters. The number of nitrogens with one attached hydrogen (secondary N) is 2. The molecular weight excluding hydrogens is 450 g/mol. The summed E-state index contributed by atoms with van der Waals surface area (Å²) in [4.78, 5) is 8.70. The van der Waals surface area contributed by atoms with E-state index < -0.39 is 21.4 Å². The van der Waals surface area contributed by atoms with Crippen LogP contribution >= 0.6 is 0 Å². The minimum Gasteiger partial charge on any atom is -0.493 e. The van der Waals surface area contributed by atoms with Crippen molar-refractivity contribution in [2.24, 2.45) is 5.14 Å². The van der Waals surface area contributed by atoms with Gasteiger partial charge in [0.25, 0.3) is 21.4 Å². The van der Waals surface area contributed by atoms with Crippen LogP contribution in [-0.4, -0.2) is 32.6 Å². The smallest absolute Gasteiger partial charge is 0.274 e. The van der Waals surface area contributed by atoms with E-state index in [0.717, 1.165) is 11.9 Å². The summed E-state index contributed by atoms with van der Waals surface area (Å²) >= 11 is 0. The van der Waals surface area contributed by atoms with Crippen LogP contribution < -0.4 is 25.2 Å². The normalized spacial score (nSPS) is 15.1. The Balaban J connectivity index is 1.47. The molecule has 0 amide bonds. The van der Waals surface area contributed by atoms with Gasteiger partial charge >= 0.3 is 0 Å². The lowest BCUT2D eigenvalue weighted by atomic mass is 10.2. The molecule has 33 heavy (non-hydrogen) atoms. The molecular formula is C21H21N5O6S. The van der Waals surface area contributed by atoms with Crippen molar-refractivity contribution in [2.75, 3.05) is 24.9 Å². The van der Waals surface area contributed by atoms with Crippen molar-refractivity contribution in [3.63, 3.8) is 0 Å². The zero-order chi connectivity index (χ0) is 23.4. The topological polar surface area (TPSA) is 147 Å². The molecule has 0 spiro atoms. The van der Waals surface area contributed by atoms with Crippen LogP contribution in [0.5, 0.6) is 11.5 Å². The molecule has 0 fully saturated rings. The van der Waals surface area contributed by atoms with Crippen LogP contribution in [0.25, 0.3) is 0 Å². The van der Waals surface area contributed by atoms with Gasteiger partial charge < -0.3 is 29.6 Å². The monoisotopic (exact) mass is 471 g/mol. The third-order valence-corrected chi connectivity index (χ3v) is 5.27. The number of anilines is 4. The predicted octanol–water partition coefficient (Wildman–Crippen LogP) is 3.11. The average Bonchev–Trinajstić information content (AvgIpc) is 3.31. The summed E-state index contributed by atoms with van der Waals surface area (Å²) in [6, 6.07) is 14.1. The molecule has 2 heterocycles. The summed E-state index contributed by atoms with van der Waals surface area (Å²) < 4.78 is 43.9. The number of nitrogens with zero attached hydrogens (tertiary/aromatic N) is 2. The molecule has 4 rings (SSSR count). The van der Waals surface area contributed by atoms with E-state index >= 15 is 0 Å². The van der Waals surface area contributed by atoms with Crippen LogP contribution in [0, 0.1) is 0 Å². The number of benzene rings is 2. The van der Waals surface area contributed by atoms with Crippen molar-refractivity contribution >= 4 is 33.2 Å². The zero-order valence-corrected chi connectivity index (χ0v) is 18.5. The number of hydrogen-bond acceptors (Lipinski definition) is 10. The van der Waals surface area contributed by atoms with Crippen molar-refractivity contribution in [2.45, 2.75) is 6.29 Å². The third kappa shape index (κ3) is 5.25. The Morgan fingerprint density at radius 2 is 1.79 bits per heavy atom. The summed E-state index contributed by atoms with van der Waals surface area (Å²) in [7, 11) is -0.854. The van der Waals surface area contributed by atoms with E-state index in [1.807, 2.05) is 12.1 Å². The molecule has 1 aliphatic rings. The second-order valence-corrected chi connectivity index (χ2v) is 8.27. The second kappa shape index (κ2) is 9.22. The Labute approximate surface area is 190 Å². The Morgan fingerprint density at radius 3 is 2.52 bits per heavy atom. The Kier molecular flexibility index (Phi) is 6.20. The van der Waals surface area contributed by atoms with Gasteiger partial charge in [0.15, 0.2) is 11.5 Å². The minimum atomic E-state index is -3.98. The van der Waals surface area contributed by atoms with E-state index in [1.165, 1.54) is 0 Å². The number of sulfonamides is 1. The van der Waals surface area contributed by atoms with Crippen LogP contribution in [-0.2, 0) is 19.5 Å². The minimum absolute atomic E-state index is 0.368. The van der Waals surface area contributed by atoms with Gasteiger partial charge in [-0.25, -0.2) is 18.5 Å². The van der Waals surface area contributed by atoms with Crippen molar-refractivity contribution in [1.29, 1.82) is 0 Å². The van der Waals surface area contributed by atoms with Gasteiger partial charge in [-0.15, -0.1) is 0 Å². The van der Waals surface area contributed by atoms with Gasteiger partial charge in [0.2, 0.25) is 5.95 Å². The third-order valence-electron chi connectivity index (χ3n) is 4.52. The van der Waals surface area contributed by atoms with Crippen molar-refractivity contribution in [1.82, 2.24) is 9.97 Å². The summed E-state index contributed by atoms with van der Waals surface area (Å²) in [5.41, 5.74) is 1.99. The number of hydrogen-bond donors (Lipinski definition) is 3. The molecule has 0 radical (unpaired) electrons. The molecule has 3 aromatic rings. The first-order chi connectivity index (χ1) is 15.9. The SMILES string of the molecule is COc1ccc(Nc2nccc(Nc3cccc(C4OC=C(S(N)(=O)=O)O4)c3)n2)cc1OC. The van der Waals surface area contributed by atoms with Crippen LogP contribution in [0.15, 0.2) is 66.1 Å². The molecule has 2 aromatic carbocycles. The van der Waals surface area contributed by atoms with E-state index in [0.29, 0.717) is 34.5 Å². The van der Waals surface area contributed by atoms with E-state index in [4.69, 9.17) is 24.1 Å². The lowest BCUT2D eigenvalue weighted by Crippen LogP contribution is -2.15. The summed E-state index contributed by atoms with van der Waals surface area (Å²) in [5, 5.41) is 10.9. The summed E-state index contributed by atoms with van der Waals surface area (Å²) in [5.74, 6) is 2.08. The largest absolute Gasteiger partial charge is 0.493 e. The van der Waals surface area contributed by atoms with Crippen LogP contribution in [0.1, 0.15) is 11.9 Å². The van der Waals surface area contributed by atoms with Gasteiger partial charge in [-0.2, -0.15) is 4.98 Å². The van der Waals surface area contributed by atoms with Crippen LogP contribution in [0.2, 0.25) is 0 Å². The van der Waals surface area contributed by atoms with Gasteiger partial charge in [-0.05, 0) is 30.3 Å². The second-order valence-electron chi connectivity index (χ2n) is 6.78. The average molecular weight is 471 g/mol. The molecule has 0 saturated heterocycles. The number of aromatic nitrogens is 2. The summed E-state index contributed by atoms with van der Waals surface area (Å²) in [6.45, 7) is 0. The maximum atomic E-state index is 11.4. The van der Waals surface area contributed by atoms with Gasteiger partial charge in [0.05, 0.1) is 14.2 Å². The Morgan fingerprint density at radius 1 is 1.00 bits per heavy atom. The first kappa shape index (κ1) is 22.2. The lowest BCUT2D eigenvalue weighted by molar-refractivity contribution is -0.0280. The first-order valence-corrected chi connectivity index (χ1v) is 11.1. The maximum Gasteiger partial charge on any atom is 0.274 e. The van der Waals surface area contributed by atoms with Crippen molar-refractivity contribution in [3.8, 4) is 11.5 Å². The number of rotatable bonds is 8. The van der Waals surface area contributed by atoms with Gasteiger partial charge in [-0.3, -0.25) is 0 Å². The van der Waals surface area contributed by atoms with E-state index in [-0.39, 0.29) is 0 Å². The maximum absolute atomic E-state index is 11.4. The highest BCUT2D eigenvalue weighted by atomic mass is 32.2. The van der Waals surface area contributed by atoms with E-state index in [2.05, 4.69) is 20.6 Å². The highest BCUT2D eigenvalue weighted by Crippen LogP contribution is 2.32. The fourth-order valence-electron chi connectivity index (χ4n) is 3.00. The van der Waals surface area contributed by atoms with Gasteiger partial charge in [-0.1, -0.05) is 12.1 Å². The first-order valence-electron chi connectivity index (χ1n) is 9.60. The van der Waals surface area contributed by atoms with Crippen LogP contribution in [0.3, 0.4) is 0 Å². The molecule has 172 valence electrons. The van der Waals surface area contributed by atoms with Crippen molar-refractivity contribution in [3.05, 3.63) is 71.6 Å². The van der Waals surface area contributed by atoms with Gasteiger partial charge in [0, 0.05) is 29.2 Å². The molecule has 1 aromatic heterocycles. The highest BCUT2D eigenvalue weighted by molar-refractivity contribution is 7.92. The van der Waals surface area contributed by atoms with Gasteiger partial charge in [0.1, 0.15) is 12.1 Å². The van der Waals surface area contributed by atoms with E-state index in [9.17, 15) is 8.42 Å². The van der Waals surface area contributed by atoms with Crippen LogP contribution in [0.4, 0.5) is 23.1 Å². The summed E-state index contributed by atoms with van der Waals surface area (Å²) in [6.07, 6.45) is 1.66. The highest BCUT2D eigenvalue weighted by Gasteiger charge is 2.28. The number of methoxy groups -OCH3 is 2. The number of ether oxygens (including phenoxy) is 4. The Bertz CT molecular complexity index is 1300. The lowest BCUT2D eigenvalue weighted by Gasteiger charge is -2.14. The molecule has 0 saturated carbocycles. The fraction of sp³-hybridized carbons (Fsp3) is 0.143. The Hall–Kier alpha value is -4.03. The zero-order valence-electron chi connectivity index (χ0n) is 17.7. The van der Waals surface area contributed by atoms with Crippen molar-refractivity contribution < 1.29 is 27.4 Å². The fourth-order valence-corrected chi connectivity index (χ4v) is 3.41. The molecule has 4 N–H and O–H groups in total. The van der Waals surface area contributed by atoms with E-state index in [1.54, 1.807) is 56.8 Å². The quantitative estimate of drug-likeness (QED) is 0.448. The molecule has 1 atom stereocenters. The molecule has 11 nitrogen and oxygen atoms in total. The molecule has 0 aliphatic carbocycles. The molecule has 12 heteroatoms.